The highest BCUT2D eigenvalue weighted by Crippen LogP contribution is 2.04. The first-order valence-electron chi connectivity index (χ1n) is 4.34. The quantitative estimate of drug-likeness (QED) is 0.653. The molecule has 0 bridgehead atoms. The van der Waals surface area contributed by atoms with Crippen molar-refractivity contribution in [3.63, 3.8) is 0 Å². The Morgan fingerprint density at radius 1 is 1.27 bits per heavy atom. The van der Waals surface area contributed by atoms with Gasteiger partial charge in [-0.25, -0.2) is 0 Å². The third kappa shape index (κ3) is 7.82. The van der Waals surface area contributed by atoms with Crippen LogP contribution in [0.25, 0.3) is 0 Å². The smallest absolute Gasteiger partial charge is 0.00989 e. The average molecular weight is 158 g/mol. The molecule has 0 saturated heterocycles. The SMILES string of the molecule is CC(N)CC(C)NC(C)(C)C. The van der Waals surface area contributed by atoms with E-state index >= 15 is 0 Å². The Balaban J connectivity index is 3.61. The molecule has 0 aromatic heterocycles. The summed E-state index contributed by atoms with van der Waals surface area (Å²) in [7, 11) is 0. The molecule has 0 rings (SSSR count). The minimum Gasteiger partial charge on any atom is -0.328 e. The molecule has 0 radical (unpaired) electrons. The maximum Gasteiger partial charge on any atom is 0.00989 e. The van der Waals surface area contributed by atoms with Gasteiger partial charge < -0.3 is 11.1 Å². The molecule has 2 unspecified atom stereocenters. The van der Waals surface area contributed by atoms with Crippen LogP contribution in [0.1, 0.15) is 41.0 Å². The van der Waals surface area contributed by atoms with Crippen LogP contribution >= 0.6 is 0 Å². The summed E-state index contributed by atoms with van der Waals surface area (Å²) >= 11 is 0. The third-order valence-corrected chi connectivity index (χ3v) is 1.40. The number of nitrogens with two attached hydrogens (primary N) is 1. The van der Waals surface area contributed by atoms with Crippen molar-refractivity contribution in [3.8, 4) is 0 Å². The molecule has 0 aliphatic carbocycles. The van der Waals surface area contributed by atoms with Crippen LogP contribution in [0.4, 0.5) is 0 Å². The second-order valence-electron chi connectivity index (χ2n) is 4.51. The monoisotopic (exact) mass is 158 g/mol. The van der Waals surface area contributed by atoms with Gasteiger partial charge in [0.1, 0.15) is 0 Å². The zero-order chi connectivity index (χ0) is 9.07. The van der Waals surface area contributed by atoms with Gasteiger partial charge in [0.2, 0.25) is 0 Å². The van der Waals surface area contributed by atoms with Crippen molar-refractivity contribution in [1.29, 1.82) is 0 Å². The molecule has 11 heavy (non-hydrogen) atoms. The highest BCUT2D eigenvalue weighted by molar-refractivity contribution is 4.76. The number of hydrogen-bond acceptors (Lipinski definition) is 2. The van der Waals surface area contributed by atoms with E-state index in [1.54, 1.807) is 0 Å². The minimum absolute atomic E-state index is 0.203. The molecule has 3 N–H and O–H groups in total. The molecule has 0 heterocycles. The van der Waals surface area contributed by atoms with Gasteiger partial charge in [-0.3, -0.25) is 0 Å². The van der Waals surface area contributed by atoms with E-state index in [0.29, 0.717) is 12.1 Å². The Labute approximate surface area is 70.5 Å². The van der Waals surface area contributed by atoms with Crippen LogP contribution in [0.3, 0.4) is 0 Å². The molecule has 68 valence electrons. The van der Waals surface area contributed by atoms with E-state index in [4.69, 9.17) is 5.73 Å². The average Bonchev–Trinajstić information content (AvgIpc) is 1.53. The standard InChI is InChI=1S/C9H22N2/c1-7(10)6-8(2)11-9(3,4)5/h7-8,11H,6,10H2,1-5H3. The lowest BCUT2D eigenvalue weighted by atomic mass is 10.0. The Kier molecular flexibility index (Phi) is 4.04. The second kappa shape index (κ2) is 4.07. The molecule has 0 spiro atoms. The summed E-state index contributed by atoms with van der Waals surface area (Å²) in [6.45, 7) is 10.7. The normalized spacial score (nSPS) is 18.0. The highest BCUT2D eigenvalue weighted by atomic mass is 15.0. The van der Waals surface area contributed by atoms with E-state index in [2.05, 4.69) is 33.0 Å². The summed E-state index contributed by atoms with van der Waals surface area (Å²) in [4.78, 5) is 0. The molecule has 0 aliphatic heterocycles. The summed E-state index contributed by atoms with van der Waals surface area (Å²) in [6, 6.07) is 0.801. The van der Waals surface area contributed by atoms with Crippen LogP contribution in [-0.2, 0) is 0 Å². The van der Waals surface area contributed by atoms with Crippen LogP contribution in [0.5, 0.6) is 0 Å². The van der Waals surface area contributed by atoms with E-state index in [1.807, 2.05) is 6.92 Å². The van der Waals surface area contributed by atoms with Crippen molar-refractivity contribution >= 4 is 0 Å². The van der Waals surface area contributed by atoms with E-state index in [-0.39, 0.29) is 5.54 Å². The van der Waals surface area contributed by atoms with Gasteiger partial charge in [0.05, 0.1) is 0 Å². The molecule has 0 aliphatic rings. The number of rotatable bonds is 3. The first kappa shape index (κ1) is 10.9. The molecule has 0 saturated carbocycles. The minimum atomic E-state index is 0.203. The largest absolute Gasteiger partial charge is 0.328 e. The molecule has 0 fully saturated rings. The number of nitrogens with one attached hydrogen (secondary N) is 1. The number of hydrogen-bond donors (Lipinski definition) is 2. The lowest BCUT2D eigenvalue weighted by molar-refractivity contribution is 0.349. The molecule has 0 amide bonds. The maximum absolute atomic E-state index is 5.67. The molecule has 2 atom stereocenters. The molecular weight excluding hydrogens is 136 g/mol. The van der Waals surface area contributed by atoms with Crippen molar-refractivity contribution < 1.29 is 0 Å². The Bertz CT molecular complexity index is 103. The van der Waals surface area contributed by atoms with Crippen molar-refractivity contribution in [1.82, 2.24) is 5.32 Å². The molecule has 2 nitrogen and oxygen atoms in total. The predicted molar refractivity (Wildman–Crippen MR) is 50.6 cm³/mol. The fourth-order valence-corrected chi connectivity index (χ4v) is 1.36. The van der Waals surface area contributed by atoms with Crippen LogP contribution in [0, 0.1) is 0 Å². The topological polar surface area (TPSA) is 38.0 Å². The zero-order valence-electron chi connectivity index (χ0n) is 8.44. The Hall–Kier alpha value is -0.0800. The van der Waals surface area contributed by atoms with Gasteiger partial charge in [-0.15, -0.1) is 0 Å². The summed E-state index contributed by atoms with van der Waals surface area (Å²) in [5.74, 6) is 0. The summed E-state index contributed by atoms with van der Waals surface area (Å²) in [6.07, 6.45) is 1.04. The first-order valence-corrected chi connectivity index (χ1v) is 4.34. The van der Waals surface area contributed by atoms with E-state index in [9.17, 15) is 0 Å². The lowest BCUT2D eigenvalue weighted by Crippen LogP contribution is -2.44. The Morgan fingerprint density at radius 2 is 1.73 bits per heavy atom. The second-order valence-corrected chi connectivity index (χ2v) is 4.51. The molecular formula is C9H22N2. The van der Waals surface area contributed by atoms with E-state index in [1.165, 1.54) is 0 Å². The van der Waals surface area contributed by atoms with Gasteiger partial charge in [0.15, 0.2) is 0 Å². The van der Waals surface area contributed by atoms with Gasteiger partial charge in [-0.05, 0) is 41.0 Å². The van der Waals surface area contributed by atoms with Crippen molar-refractivity contribution in [2.24, 2.45) is 5.73 Å². The highest BCUT2D eigenvalue weighted by Gasteiger charge is 2.13. The molecule has 0 aromatic rings. The fraction of sp³-hybridized carbons (Fsp3) is 1.00. The van der Waals surface area contributed by atoms with Gasteiger partial charge in [-0.1, -0.05) is 0 Å². The first-order chi connectivity index (χ1) is 4.81. The summed E-state index contributed by atoms with van der Waals surface area (Å²) < 4.78 is 0. The van der Waals surface area contributed by atoms with Crippen LogP contribution in [0.15, 0.2) is 0 Å². The Morgan fingerprint density at radius 3 is 2.00 bits per heavy atom. The van der Waals surface area contributed by atoms with Gasteiger partial charge in [-0.2, -0.15) is 0 Å². The maximum atomic E-state index is 5.67. The van der Waals surface area contributed by atoms with Gasteiger partial charge in [0.25, 0.3) is 0 Å². The van der Waals surface area contributed by atoms with E-state index in [0.717, 1.165) is 6.42 Å². The van der Waals surface area contributed by atoms with Crippen molar-refractivity contribution in [2.75, 3.05) is 0 Å². The van der Waals surface area contributed by atoms with Gasteiger partial charge >= 0.3 is 0 Å². The zero-order valence-corrected chi connectivity index (χ0v) is 8.44. The lowest BCUT2D eigenvalue weighted by Gasteiger charge is -2.26. The summed E-state index contributed by atoms with van der Waals surface area (Å²) in [5, 5.41) is 3.47. The van der Waals surface area contributed by atoms with Gasteiger partial charge in [0, 0.05) is 17.6 Å². The molecule has 0 aromatic carbocycles. The van der Waals surface area contributed by atoms with Crippen LogP contribution < -0.4 is 11.1 Å². The van der Waals surface area contributed by atoms with Crippen molar-refractivity contribution in [2.45, 2.75) is 58.7 Å². The van der Waals surface area contributed by atoms with Crippen LogP contribution in [0.2, 0.25) is 0 Å². The summed E-state index contributed by atoms with van der Waals surface area (Å²) in [5.41, 5.74) is 5.87. The van der Waals surface area contributed by atoms with E-state index < -0.39 is 0 Å². The van der Waals surface area contributed by atoms with Crippen LogP contribution in [-0.4, -0.2) is 17.6 Å². The molecule has 2 heteroatoms. The third-order valence-electron chi connectivity index (χ3n) is 1.40. The predicted octanol–water partition coefficient (Wildman–Crippen LogP) is 1.50. The van der Waals surface area contributed by atoms with Crippen molar-refractivity contribution in [3.05, 3.63) is 0 Å². The fourth-order valence-electron chi connectivity index (χ4n) is 1.36.